The van der Waals surface area contributed by atoms with Crippen molar-refractivity contribution in [2.24, 2.45) is 0 Å². The summed E-state index contributed by atoms with van der Waals surface area (Å²) in [7, 11) is 0.768. The van der Waals surface area contributed by atoms with Gasteiger partial charge in [-0.05, 0) is 0 Å². The van der Waals surface area contributed by atoms with Gasteiger partial charge in [0.15, 0.2) is 0 Å². The van der Waals surface area contributed by atoms with Crippen LogP contribution in [0.1, 0.15) is 156 Å². The third-order valence-electron chi connectivity index (χ3n) is 27.4. The van der Waals surface area contributed by atoms with Crippen LogP contribution in [-0.2, 0) is 11.2 Å². The Morgan fingerprint density at radius 1 is 0.366 bits per heavy atom. The van der Waals surface area contributed by atoms with E-state index < -0.39 is 11.2 Å². The van der Waals surface area contributed by atoms with Crippen molar-refractivity contribution in [2.45, 2.75) is 191 Å². The molecule has 10 heterocycles. The van der Waals surface area contributed by atoms with Crippen molar-refractivity contribution < 1.29 is 11.2 Å². The number of fused-ring (bicyclic) bond motifs is 10. The molecule has 4 unspecified atom stereocenters. The van der Waals surface area contributed by atoms with Gasteiger partial charge in [0.25, 0.3) is 0 Å². The van der Waals surface area contributed by atoms with Crippen molar-refractivity contribution in [2.75, 3.05) is 24.6 Å². The van der Waals surface area contributed by atoms with Crippen molar-refractivity contribution in [3.05, 3.63) is 0 Å². The van der Waals surface area contributed by atoms with Gasteiger partial charge >= 0.3 is 243 Å². The first kappa shape index (κ1) is 27.8. The first-order valence-corrected chi connectivity index (χ1v) is 44.1. The molecule has 10 aliphatic rings. The van der Waals surface area contributed by atoms with Crippen LogP contribution in [0.25, 0.3) is 0 Å². The molecule has 0 aromatic carbocycles. The summed E-state index contributed by atoms with van der Waals surface area (Å²) >= 11 is -4.04. The molecule has 1 spiro atoms. The molecule has 41 heavy (non-hydrogen) atoms. The molecular weight excluding hydrogens is 697 g/mol. The van der Waals surface area contributed by atoms with Gasteiger partial charge in [0.05, 0.1) is 0 Å². The minimum absolute atomic E-state index is 0.384. The normalized spacial score (nSPS) is 58.6. The van der Waals surface area contributed by atoms with E-state index in [1.165, 1.54) is 57.2 Å². The van der Waals surface area contributed by atoms with E-state index in [1.54, 1.807) is 131 Å². The van der Waals surface area contributed by atoms with Crippen molar-refractivity contribution in [3.63, 3.8) is 0 Å². The van der Waals surface area contributed by atoms with Crippen LogP contribution in [0.15, 0.2) is 0 Å². The second-order valence-electron chi connectivity index (χ2n) is 22.4. The van der Waals surface area contributed by atoms with Crippen LogP contribution in [0.4, 0.5) is 0 Å². The molecule has 0 aromatic heterocycles. The van der Waals surface area contributed by atoms with Gasteiger partial charge in [0.1, 0.15) is 0 Å². The average Bonchev–Trinajstić information content (AvgIpc) is 3.93. The van der Waals surface area contributed by atoms with Crippen LogP contribution < -0.4 is 0 Å². The van der Waals surface area contributed by atoms with E-state index in [0.29, 0.717) is 15.8 Å². The molecule has 0 amide bonds. The monoisotopic (exact) mass is 766 g/mol. The molecule has 3 heteroatoms. The number of unbranched alkanes of at least 4 members (excludes halogenated alkanes) is 16. The SMILES string of the molecule is CCCCCCCP(CCCCCCC)[C]12[CH]3[CH]4[CH]5[C]1(P(CCCCCCC)CCCCCCC)[Hf]43521678[CH]2[CH]1[CH]6[CH]7[CH]28. The first-order chi connectivity index (χ1) is 20.0. The van der Waals surface area contributed by atoms with Crippen LogP contribution in [0, 0.1) is 0 Å². The molecule has 0 nitrogen and oxygen atoms in total. The Hall–Kier alpha value is 1.73. The fourth-order valence-electron chi connectivity index (χ4n) is 30.7. The quantitative estimate of drug-likeness (QED) is 0.0467. The second-order valence-corrected chi connectivity index (χ2v) is 106. The molecule has 10 aliphatic heterocycles. The Labute approximate surface area is 241 Å². The van der Waals surface area contributed by atoms with Gasteiger partial charge < -0.3 is 0 Å². The van der Waals surface area contributed by atoms with Crippen LogP contribution in [-0.4, -0.2) is 30.5 Å². The Bertz CT molecular complexity index is 1250. The standard InChI is InChI=1S/C33H63P2.C5H5.Hf/c1-5-9-13-17-21-28-34(29-22-18-14-10-6-2)32-26-25-27-33(32)35(30-23-19-15-11-7-3)31-24-20-16-12-8-4;1-2-4-5-3-1;/h25-27H,5-24,28-31H2,1-4H3;1-5H;. The predicted octanol–water partition coefficient (Wildman–Crippen LogP) is 14.0. The number of rotatable bonds is 26. The molecule has 10 saturated heterocycles. The van der Waals surface area contributed by atoms with Gasteiger partial charge in [-0.2, -0.15) is 0 Å². The van der Waals surface area contributed by atoms with E-state index in [0.717, 1.165) is 0 Å². The van der Waals surface area contributed by atoms with E-state index in [4.69, 9.17) is 0 Å². The third kappa shape index (κ3) is 0.912. The zero-order chi connectivity index (χ0) is 28.1. The molecule has 4 atom stereocenters. The summed E-state index contributed by atoms with van der Waals surface area (Å²) in [4.78, 5) is 0. The van der Waals surface area contributed by atoms with Gasteiger partial charge in [-0.1, -0.05) is 0 Å². The first-order valence-electron chi connectivity index (χ1n) is 20.5. The van der Waals surface area contributed by atoms with Crippen LogP contribution in [0.3, 0.4) is 0 Å². The number of hydrogen-bond acceptors (Lipinski definition) is 0. The number of hydrogen-bond donors (Lipinski definition) is 0. The summed E-state index contributed by atoms with van der Waals surface area (Å²) < 4.78 is 15.1. The molecule has 0 radical (unpaired) electrons. The van der Waals surface area contributed by atoms with E-state index in [9.17, 15) is 0 Å². The summed E-state index contributed by atoms with van der Waals surface area (Å²) in [6.45, 7) is 9.65. The van der Waals surface area contributed by atoms with Crippen molar-refractivity contribution >= 4 is 15.8 Å². The van der Waals surface area contributed by atoms with Gasteiger partial charge in [-0.25, -0.2) is 0 Å². The third-order valence-corrected chi connectivity index (χ3v) is 199. The van der Waals surface area contributed by atoms with Crippen LogP contribution in [0.5, 0.6) is 0 Å². The molecule has 0 N–H and O–H groups in total. The summed E-state index contributed by atoms with van der Waals surface area (Å²) in [5.74, 6) is 0. The zero-order valence-electron chi connectivity index (χ0n) is 28.0. The molecule has 0 aromatic rings. The molecule has 0 aliphatic carbocycles. The van der Waals surface area contributed by atoms with E-state index in [-0.39, 0.29) is 0 Å². The van der Waals surface area contributed by atoms with E-state index in [2.05, 4.69) is 27.7 Å². The van der Waals surface area contributed by atoms with Gasteiger partial charge in [-0.3, -0.25) is 0 Å². The van der Waals surface area contributed by atoms with Crippen molar-refractivity contribution in [1.29, 1.82) is 0 Å². The Morgan fingerprint density at radius 2 is 0.634 bits per heavy atom. The van der Waals surface area contributed by atoms with Gasteiger partial charge in [-0.15, -0.1) is 0 Å². The zero-order valence-corrected chi connectivity index (χ0v) is 33.4. The predicted molar refractivity (Wildman–Crippen MR) is 184 cm³/mol. The molecular formula is C38H68HfP2. The molecule has 0 bridgehead atoms. The molecule has 234 valence electrons. The van der Waals surface area contributed by atoms with Crippen LogP contribution in [0.2, 0.25) is 29.4 Å². The summed E-state index contributed by atoms with van der Waals surface area (Å²) in [5.41, 5.74) is 0. The Kier molecular flexibility index (Phi) is 3.69. The van der Waals surface area contributed by atoms with E-state index >= 15 is 0 Å². The van der Waals surface area contributed by atoms with Crippen molar-refractivity contribution in [3.8, 4) is 0 Å². The van der Waals surface area contributed by atoms with Gasteiger partial charge in [0.2, 0.25) is 0 Å². The summed E-state index contributed by atoms with van der Waals surface area (Å²) in [6.07, 6.45) is 38.0. The van der Waals surface area contributed by atoms with Crippen LogP contribution >= 0.6 is 15.8 Å². The molecule has 0 saturated carbocycles. The summed E-state index contributed by atoms with van der Waals surface area (Å²) in [5, 5.41) is 0. The fourth-order valence-corrected chi connectivity index (χ4v) is 505. The summed E-state index contributed by atoms with van der Waals surface area (Å²) in [6, 6.07) is 0. The fraction of sp³-hybridized carbons (Fsp3) is 1.00. The average molecular weight is 765 g/mol. The second kappa shape index (κ2) is 5.45. The molecule has 10 fully saturated rings. The van der Waals surface area contributed by atoms with Gasteiger partial charge in [0, 0.05) is 0 Å². The van der Waals surface area contributed by atoms with E-state index in [1.807, 2.05) is 0 Å². The molecule has 10 rings (SSSR count). The van der Waals surface area contributed by atoms with Crippen molar-refractivity contribution in [1.82, 2.24) is 0 Å². The Morgan fingerprint density at radius 3 is 0.854 bits per heavy atom. The topological polar surface area (TPSA) is 0 Å². The minimum atomic E-state index is -4.04. The maximum atomic E-state index is 2.41. The Balaban J connectivity index is 0.966. The maximum absolute atomic E-state index is 4.04.